The van der Waals surface area contributed by atoms with E-state index in [2.05, 4.69) is 20.5 Å². The molecule has 31 heavy (non-hydrogen) atoms. The third kappa shape index (κ3) is 8.76. The van der Waals surface area contributed by atoms with Crippen LogP contribution in [-0.4, -0.2) is 74.5 Å². The SMILES string of the molecule is CN=C(NCC1CCN(Cc2ccccc2F)CC1)NC1CCN(CC(F)F)CC1.I. The average Bonchev–Trinajstić information content (AvgIpc) is 2.74. The van der Waals surface area contributed by atoms with Gasteiger partial charge in [-0.1, -0.05) is 18.2 Å². The molecule has 0 saturated carbocycles. The first-order valence-corrected chi connectivity index (χ1v) is 11.0. The molecule has 5 nitrogen and oxygen atoms in total. The maximum absolute atomic E-state index is 13.8. The van der Waals surface area contributed by atoms with Crippen LogP contribution in [-0.2, 0) is 6.54 Å². The van der Waals surface area contributed by atoms with Crippen LogP contribution in [0.3, 0.4) is 0 Å². The number of nitrogens with zero attached hydrogens (tertiary/aromatic N) is 3. The summed E-state index contributed by atoms with van der Waals surface area (Å²) >= 11 is 0. The fourth-order valence-corrected chi connectivity index (χ4v) is 4.30. The number of piperidine rings is 2. The Labute approximate surface area is 200 Å². The highest BCUT2D eigenvalue weighted by Gasteiger charge is 2.23. The predicted molar refractivity (Wildman–Crippen MR) is 130 cm³/mol. The van der Waals surface area contributed by atoms with Gasteiger partial charge in [-0.2, -0.15) is 0 Å². The van der Waals surface area contributed by atoms with Crippen molar-refractivity contribution in [1.29, 1.82) is 0 Å². The molecule has 2 fully saturated rings. The summed E-state index contributed by atoms with van der Waals surface area (Å²) < 4.78 is 38.9. The Morgan fingerprint density at radius 1 is 1.06 bits per heavy atom. The smallest absolute Gasteiger partial charge is 0.251 e. The lowest BCUT2D eigenvalue weighted by atomic mass is 9.96. The van der Waals surface area contributed by atoms with Crippen LogP contribution in [0.2, 0.25) is 0 Å². The van der Waals surface area contributed by atoms with Gasteiger partial charge < -0.3 is 10.6 Å². The van der Waals surface area contributed by atoms with E-state index in [0.717, 1.165) is 56.8 Å². The second-order valence-electron chi connectivity index (χ2n) is 8.37. The summed E-state index contributed by atoms with van der Waals surface area (Å²) in [6, 6.07) is 7.26. The first-order chi connectivity index (χ1) is 14.5. The van der Waals surface area contributed by atoms with E-state index < -0.39 is 6.43 Å². The first kappa shape index (κ1) is 26.2. The molecule has 0 amide bonds. The molecule has 2 N–H and O–H groups in total. The molecule has 0 aliphatic carbocycles. The number of aliphatic imine (C=N–C) groups is 1. The number of hydrogen-bond donors (Lipinski definition) is 2. The van der Waals surface area contributed by atoms with Crippen LogP contribution < -0.4 is 10.6 Å². The van der Waals surface area contributed by atoms with Crippen molar-refractivity contribution in [2.75, 3.05) is 46.3 Å². The highest BCUT2D eigenvalue weighted by atomic mass is 127. The summed E-state index contributed by atoms with van der Waals surface area (Å²) in [6.07, 6.45) is 1.58. The van der Waals surface area contributed by atoms with Crippen molar-refractivity contribution < 1.29 is 13.2 Å². The van der Waals surface area contributed by atoms with E-state index in [1.807, 2.05) is 17.0 Å². The summed E-state index contributed by atoms with van der Waals surface area (Å²) in [5, 5.41) is 6.87. The van der Waals surface area contributed by atoms with Crippen LogP contribution in [0.1, 0.15) is 31.2 Å². The van der Waals surface area contributed by atoms with Gasteiger partial charge >= 0.3 is 0 Å². The second-order valence-corrected chi connectivity index (χ2v) is 8.37. The number of hydrogen-bond acceptors (Lipinski definition) is 3. The van der Waals surface area contributed by atoms with E-state index in [-0.39, 0.29) is 42.4 Å². The van der Waals surface area contributed by atoms with Crippen molar-refractivity contribution >= 4 is 29.9 Å². The number of rotatable bonds is 7. The monoisotopic (exact) mass is 553 g/mol. The lowest BCUT2D eigenvalue weighted by Gasteiger charge is -2.34. The summed E-state index contributed by atoms with van der Waals surface area (Å²) in [7, 11) is 1.76. The van der Waals surface area contributed by atoms with Crippen LogP contribution in [0.5, 0.6) is 0 Å². The quantitative estimate of drug-likeness (QED) is 0.308. The molecule has 0 atom stereocenters. The van der Waals surface area contributed by atoms with Gasteiger partial charge in [0.15, 0.2) is 5.96 Å². The number of benzene rings is 1. The van der Waals surface area contributed by atoms with Crippen molar-refractivity contribution in [1.82, 2.24) is 20.4 Å². The molecule has 0 bridgehead atoms. The van der Waals surface area contributed by atoms with E-state index in [0.29, 0.717) is 25.6 Å². The van der Waals surface area contributed by atoms with Gasteiger partial charge in [0.05, 0.1) is 6.54 Å². The molecule has 0 aromatic heterocycles. The summed E-state index contributed by atoms with van der Waals surface area (Å²) in [5.41, 5.74) is 0.762. The van der Waals surface area contributed by atoms with Gasteiger partial charge in [-0.3, -0.25) is 14.8 Å². The lowest BCUT2D eigenvalue weighted by molar-refractivity contribution is 0.0744. The largest absolute Gasteiger partial charge is 0.356 e. The maximum Gasteiger partial charge on any atom is 0.251 e. The number of likely N-dealkylation sites (tertiary alicyclic amines) is 2. The highest BCUT2D eigenvalue weighted by molar-refractivity contribution is 14.0. The highest BCUT2D eigenvalue weighted by Crippen LogP contribution is 2.19. The average molecular weight is 553 g/mol. The minimum Gasteiger partial charge on any atom is -0.356 e. The Balaban J connectivity index is 0.00000341. The Kier molecular flexibility index (Phi) is 11.4. The molecule has 2 aliphatic heterocycles. The minimum absolute atomic E-state index is 0. The number of nitrogens with one attached hydrogen (secondary N) is 2. The molecule has 3 rings (SSSR count). The molecular weight excluding hydrogens is 518 g/mol. The molecule has 1 aromatic carbocycles. The standard InChI is InChI=1S/C22H34F3N5.HI/c1-26-22(28-19-8-12-30(13-9-19)16-21(24)25)27-14-17-6-10-29(11-7-17)15-18-4-2-3-5-20(18)23;/h2-5,17,19,21H,6-16H2,1H3,(H2,26,27,28);1H. The zero-order valence-corrected chi connectivity index (χ0v) is 20.5. The van der Waals surface area contributed by atoms with Crippen LogP contribution in [0, 0.1) is 11.7 Å². The Hall–Kier alpha value is -1.07. The maximum atomic E-state index is 13.8. The summed E-state index contributed by atoms with van der Waals surface area (Å²) in [5.74, 6) is 1.22. The second kappa shape index (κ2) is 13.5. The van der Waals surface area contributed by atoms with E-state index in [1.54, 1.807) is 13.1 Å². The molecule has 0 radical (unpaired) electrons. The van der Waals surface area contributed by atoms with Gasteiger partial charge in [0.1, 0.15) is 5.82 Å². The summed E-state index contributed by atoms with van der Waals surface area (Å²) in [6.45, 7) is 4.72. The fraction of sp³-hybridized carbons (Fsp3) is 0.682. The Morgan fingerprint density at radius 2 is 1.71 bits per heavy atom. The van der Waals surface area contributed by atoms with E-state index in [4.69, 9.17) is 0 Å². The number of guanidine groups is 1. The van der Waals surface area contributed by atoms with Gasteiger partial charge in [-0.15, -0.1) is 24.0 Å². The van der Waals surface area contributed by atoms with E-state index in [1.165, 1.54) is 6.07 Å². The van der Waals surface area contributed by atoms with E-state index >= 15 is 0 Å². The predicted octanol–water partition coefficient (Wildman–Crippen LogP) is 3.55. The Morgan fingerprint density at radius 3 is 2.32 bits per heavy atom. The van der Waals surface area contributed by atoms with Crippen LogP contribution in [0.4, 0.5) is 13.2 Å². The molecule has 176 valence electrons. The number of alkyl halides is 2. The zero-order valence-electron chi connectivity index (χ0n) is 18.2. The topological polar surface area (TPSA) is 42.9 Å². The van der Waals surface area contributed by atoms with Crippen LogP contribution in [0.25, 0.3) is 0 Å². The van der Waals surface area contributed by atoms with Crippen molar-refractivity contribution in [3.05, 3.63) is 35.6 Å². The van der Waals surface area contributed by atoms with E-state index in [9.17, 15) is 13.2 Å². The van der Waals surface area contributed by atoms with Crippen molar-refractivity contribution in [2.24, 2.45) is 10.9 Å². The van der Waals surface area contributed by atoms with Crippen molar-refractivity contribution in [3.63, 3.8) is 0 Å². The van der Waals surface area contributed by atoms with Gasteiger partial charge in [0, 0.05) is 44.8 Å². The van der Waals surface area contributed by atoms with Gasteiger partial charge in [-0.05, 0) is 50.8 Å². The molecule has 9 heteroatoms. The molecular formula is C22H35F3IN5. The molecule has 2 aliphatic rings. The Bertz CT molecular complexity index is 675. The lowest BCUT2D eigenvalue weighted by Crippen LogP contribution is -2.50. The molecule has 2 heterocycles. The fourth-order valence-electron chi connectivity index (χ4n) is 4.30. The normalized spacial score (nSPS) is 20.0. The van der Waals surface area contributed by atoms with Crippen molar-refractivity contribution in [3.8, 4) is 0 Å². The van der Waals surface area contributed by atoms with Crippen molar-refractivity contribution in [2.45, 2.75) is 44.7 Å². The molecule has 1 aromatic rings. The van der Waals surface area contributed by atoms with Gasteiger partial charge in [-0.25, -0.2) is 13.2 Å². The third-order valence-corrected chi connectivity index (χ3v) is 6.17. The third-order valence-electron chi connectivity index (χ3n) is 6.17. The molecule has 0 spiro atoms. The first-order valence-electron chi connectivity index (χ1n) is 11.0. The molecule has 2 saturated heterocycles. The minimum atomic E-state index is -2.26. The van der Waals surface area contributed by atoms with Gasteiger partial charge in [0.2, 0.25) is 0 Å². The molecule has 0 unspecified atom stereocenters. The van der Waals surface area contributed by atoms with Crippen LogP contribution >= 0.6 is 24.0 Å². The van der Waals surface area contributed by atoms with Crippen LogP contribution in [0.15, 0.2) is 29.3 Å². The summed E-state index contributed by atoms with van der Waals surface area (Å²) in [4.78, 5) is 8.47. The number of halogens is 4. The van der Waals surface area contributed by atoms with Gasteiger partial charge in [0.25, 0.3) is 6.43 Å². The zero-order chi connectivity index (χ0) is 21.3.